The Balaban J connectivity index is 2.86. The van der Waals surface area contributed by atoms with E-state index in [1.807, 2.05) is 0 Å². The Bertz CT molecular complexity index is 3000. The summed E-state index contributed by atoms with van der Waals surface area (Å²) in [6.07, 6.45) is 29.3. The van der Waals surface area contributed by atoms with Crippen molar-refractivity contribution in [1.82, 2.24) is 0 Å². The molecule has 2 rings (SSSR count). The van der Waals surface area contributed by atoms with Crippen molar-refractivity contribution in [3.63, 3.8) is 0 Å². The number of ether oxygens (including phenoxy) is 15. The quantitative estimate of drug-likeness (QED) is 0.0311. The lowest BCUT2D eigenvalue weighted by molar-refractivity contribution is -0.377. The minimum atomic E-state index is -2.71. The van der Waals surface area contributed by atoms with Gasteiger partial charge in [0, 0.05) is 74.9 Å². The van der Waals surface area contributed by atoms with Crippen LogP contribution in [0.1, 0.15) is 444 Å². The fourth-order valence-corrected chi connectivity index (χ4v) is 19.7. The van der Waals surface area contributed by atoms with Gasteiger partial charge in [-0.15, -0.1) is 0 Å². The van der Waals surface area contributed by atoms with E-state index in [1.54, 1.807) is 0 Å². The Morgan fingerprint density at radius 2 is 0.530 bits per heavy atom. The van der Waals surface area contributed by atoms with Gasteiger partial charge in [0.05, 0.1) is 33.0 Å². The molecule has 2 heterocycles. The fourth-order valence-electron chi connectivity index (χ4n) is 19.7. The van der Waals surface area contributed by atoms with Gasteiger partial charge < -0.3 is 71.1 Å². The van der Waals surface area contributed by atoms with Crippen molar-refractivity contribution in [1.29, 1.82) is 0 Å². The van der Waals surface area contributed by atoms with E-state index in [0.29, 0.717) is 73.8 Å². The molecule has 788 valence electrons. The largest absolute Gasteiger partial charge is 0.463 e. The van der Waals surface area contributed by atoms with E-state index in [0.717, 1.165) is 186 Å². The molecule has 0 bridgehead atoms. The second-order valence-electron chi connectivity index (χ2n) is 44.8. The number of hydrogen-bond acceptors (Lipinski definition) is 22. The van der Waals surface area contributed by atoms with Crippen molar-refractivity contribution in [2.45, 2.75) is 517 Å². The maximum Gasteiger partial charge on any atom is 0.303 e. The average molecular weight is 1910 g/mol. The monoisotopic (exact) mass is 1910 g/mol. The third kappa shape index (κ3) is 60.3. The molecule has 0 saturated carbocycles. The molecule has 0 radical (unpaired) electrons. The molecule has 0 aromatic carbocycles. The predicted octanol–water partition coefficient (Wildman–Crippen LogP) is 26.7. The summed E-state index contributed by atoms with van der Waals surface area (Å²) in [5, 5.41) is 0. The highest BCUT2D eigenvalue weighted by Crippen LogP contribution is 2.47. The van der Waals surface area contributed by atoms with E-state index in [1.165, 1.54) is 167 Å². The molecule has 2 aliphatic heterocycles. The SMILES string of the molecule is CC(=O)OC[C@H]1O[C@@H]([C@]2(OC(C)=O)[C@H](OC(C)=O)[C@@H](OC(C)=O)[C@@H](OC[C@H](COCC[C@@H](C)CCC[C@@H](C)CCC[C@H](C)CCCC(C)C)OCC[C@@H](C)CCC[C@@H](C)CCC[C@H](C)CCCC(C)C)O[C@@H]2COC[C@H](COCC[C@@H](C)CCC[C@@H](C)CCC[C@H](C)CCCC(C)C)OCC[C@@H](C)CCC[C@@H](C)CCC[C@H](C)CCCC(C)C)[C@H](OC(C)=O)[C@@H](OC(C)=O)[C@@H]1OC(C)=O. The highest BCUT2D eigenvalue weighted by atomic mass is 16.8. The minimum absolute atomic E-state index is 0.103. The van der Waals surface area contributed by atoms with Crippen molar-refractivity contribution in [3.8, 4) is 0 Å². The molecule has 2 aliphatic rings. The first-order valence-corrected chi connectivity index (χ1v) is 54.6. The van der Waals surface area contributed by atoms with Crippen LogP contribution in [0.25, 0.3) is 0 Å². The number of hydrogen-bond donors (Lipinski definition) is 0. The summed E-state index contributed by atoms with van der Waals surface area (Å²) in [6, 6.07) is 0. The van der Waals surface area contributed by atoms with Crippen molar-refractivity contribution in [2.24, 2.45) is 94.7 Å². The van der Waals surface area contributed by atoms with Gasteiger partial charge in [0.25, 0.3) is 0 Å². The molecule has 134 heavy (non-hydrogen) atoms. The van der Waals surface area contributed by atoms with Crippen LogP contribution >= 0.6 is 0 Å². The number of carbonyl (C=O) groups excluding carboxylic acids is 7. The van der Waals surface area contributed by atoms with Crippen LogP contribution in [0.2, 0.25) is 0 Å². The first-order valence-electron chi connectivity index (χ1n) is 54.6. The van der Waals surface area contributed by atoms with Gasteiger partial charge in [0.2, 0.25) is 5.60 Å². The third-order valence-corrected chi connectivity index (χ3v) is 28.3. The van der Waals surface area contributed by atoms with Gasteiger partial charge in [-0.1, -0.05) is 370 Å². The molecular weight excluding hydrogens is 1700 g/mol. The number of rotatable bonds is 82. The van der Waals surface area contributed by atoms with Gasteiger partial charge in [-0.3, -0.25) is 33.6 Å². The molecule has 0 unspecified atom stereocenters. The Hall–Kier alpha value is -4.03. The van der Waals surface area contributed by atoms with Crippen LogP contribution in [0.5, 0.6) is 0 Å². The fraction of sp³-hybridized carbons (Fsp3) is 0.938. The molecule has 0 N–H and O–H groups in total. The zero-order chi connectivity index (χ0) is 100. The van der Waals surface area contributed by atoms with Gasteiger partial charge in [-0.2, -0.15) is 0 Å². The zero-order valence-electron chi connectivity index (χ0n) is 90.9. The lowest BCUT2D eigenvalue weighted by Gasteiger charge is -2.57. The Kier molecular flexibility index (Phi) is 69.6. The Morgan fingerprint density at radius 3 is 0.828 bits per heavy atom. The summed E-state index contributed by atoms with van der Waals surface area (Å²) in [4.78, 5) is 96.6. The van der Waals surface area contributed by atoms with E-state index in [2.05, 4.69) is 138 Å². The van der Waals surface area contributed by atoms with Crippen LogP contribution in [-0.2, 0) is 105 Å². The van der Waals surface area contributed by atoms with E-state index in [-0.39, 0.29) is 26.4 Å². The van der Waals surface area contributed by atoms with Crippen LogP contribution in [0.15, 0.2) is 0 Å². The molecule has 0 amide bonds. The van der Waals surface area contributed by atoms with Crippen LogP contribution < -0.4 is 0 Å². The molecule has 2 fully saturated rings. The molecular formula is C112H208O22. The normalized spacial score (nSPS) is 22.6. The van der Waals surface area contributed by atoms with Crippen molar-refractivity contribution in [2.75, 3.05) is 66.1 Å². The highest BCUT2D eigenvalue weighted by molar-refractivity contribution is 5.71. The van der Waals surface area contributed by atoms with E-state index < -0.39 is 128 Å². The zero-order valence-corrected chi connectivity index (χ0v) is 90.9. The number of esters is 7. The maximum absolute atomic E-state index is 14.6. The standard InChI is InChI=1S/C112H208O22/c1-78(2)40-28-44-82(9)48-32-52-86(13)56-36-60-90(17)64-68-120-72-101(123-70-66-92(19)62-38-58-88(15)54-34-50-84(11)46-30-42-80(5)6)74-122-77-104-112(134-100(27)119,109-107(129-97(24)116)106(128-96(23)115)105(127-95(22)114)103(132-109)76-125-94(21)113)110(131-99(26)118)108(130-98(25)117)111(133-104)126-75-102(124-71-67-93(20)63-39-59-89(16)55-35-51-85(12)47-31-43-81(7)8)73-121-69-65-91(18)61-37-57-87(14)53-33-49-83(10)45-29-41-79(3)4/h78-93,101-111H,28-77H2,1-27H3/t82-,83-,84-,85-,86+,87+,88+,89+,90+,91+,92+,93+,101+,102+,103-,104-,105-,106+,107-,108-,109-,110-,111+,112+/m1/s1. The van der Waals surface area contributed by atoms with E-state index in [4.69, 9.17) is 71.1 Å². The molecule has 0 aliphatic carbocycles. The molecule has 24 atom stereocenters. The van der Waals surface area contributed by atoms with E-state index in [9.17, 15) is 33.6 Å². The van der Waals surface area contributed by atoms with Gasteiger partial charge >= 0.3 is 41.8 Å². The van der Waals surface area contributed by atoms with E-state index >= 15 is 0 Å². The second-order valence-corrected chi connectivity index (χ2v) is 44.8. The molecule has 22 nitrogen and oxygen atoms in total. The first kappa shape index (κ1) is 126. The Labute approximate surface area is 819 Å². The average Bonchev–Trinajstić information content (AvgIpc) is 0.710. The van der Waals surface area contributed by atoms with Gasteiger partial charge in [-0.25, -0.2) is 0 Å². The molecule has 2 saturated heterocycles. The summed E-state index contributed by atoms with van der Waals surface area (Å²) in [6.45, 7) is 54.7. The van der Waals surface area contributed by atoms with Gasteiger partial charge in [0.15, 0.2) is 36.8 Å². The molecule has 0 aromatic rings. The second kappa shape index (κ2) is 74.0. The maximum atomic E-state index is 14.6. The molecule has 0 aromatic heterocycles. The lowest BCUT2D eigenvalue weighted by atomic mass is 9.74. The smallest absolute Gasteiger partial charge is 0.303 e. The van der Waals surface area contributed by atoms with Crippen molar-refractivity contribution in [3.05, 3.63) is 0 Å². The van der Waals surface area contributed by atoms with Gasteiger partial charge in [0.1, 0.15) is 37.1 Å². The lowest BCUT2D eigenvalue weighted by Crippen LogP contribution is -2.80. The molecule has 22 heteroatoms. The van der Waals surface area contributed by atoms with Crippen molar-refractivity contribution >= 4 is 41.8 Å². The summed E-state index contributed by atoms with van der Waals surface area (Å²) >= 11 is 0. The van der Waals surface area contributed by atoms with Crippen LogP contribution in [0.3, 0.4) is 0 Å². The van der Waals surface area contributed by atoms with Gasteiger partial charge in [-0.05, 0) is 120 Å². The minimum Gasteiger partial charge on any atom is -0.463 e. The van der Waals surface area contributed by atoms with Crippen LogP contribution in [-0.4, -0.2) is 181 Å². The van der Waals surface area contributed by atoms with Crippen LogP contribution in [0.4, 0.5) is 0 Å². The summed E-state index contributed by atoms with van der Waals surface area (Å²) in [7, 11) is 0. The number of carbonyl (C=O) groups is 7. The first-order chi connectivity index (χ1) is 63.5. The molecule has 0 spiro atoms. The summed E-state index contributed by atoms with van der Waals surface area (Å²) < 4.78 is 98.0. The van der Waals surface area contributed by atoms with Crippen LogP contribution in [0, 0.1) is 94.7 Å². The predicted molar refractivity (Wildman–Crippen MR) is 538 cm³/mol. The topological polar surface area (TPSA) is 258 Å². The Morgan fingerprint density at radius 1 is 0.261 bits per heavy atom. The summed E-state index contributed by atoms with van der Waals surface area (Å²) in [5.74, 6) is 3.54. The van der Waals surface area contributed by atoms with Crippen molar-refractivity contribution < 1.29 is 105 Å². The highest BCUT2D eigenvalue weighted by Gasteiger charge is 2.72. The summed E-state index contributed by atoms with van der Waals surface area (Å²) in [5.41, 5.74) is -2.71. The third-order valence-electron chi connectivity index (χ3n) is 28.3.